The number of rotatable bonds is 5. The minimum Gasteiger partial charge on any atom is -0.385 e. The summed E-state index contributed by atoms with van der Waals surface area (Å²) in [6.07, 6.45) is 4.95. The fraction of sp³-hybridized carbons (Fsp3) is 0.357. The second-order valence-electron chi connectivity index (χ2n) is 4.64. The maximum absolute atomic E-state index is 4.16. The van der Waals surface area contributed by atoms with Gasteiger partial charge in [-0.25, -0.2) is 0 Å². The van der Waals surface area contributed by atoms with Crippen molar-refractivity contribution in [3.8, 4) is 0 Å². The Morgan fingerprint density at radius 3 is 2.83 bits per heavy atom. The Balaban J connectivity index is 1.88. The predicted octanol–water partition coefficient (Wildman–Crippen LogP) is 2.14. The maximum Gasteiger partial charge on any atom is 0.0522 e. The molecule has 0 radical (unpaired) electrons. The average Bonchev–Trinajstić information content (AvgIpc) is 2.75. The van der Waals surface area contributed by atoms with E-state index in [1.54, 1.807) is 0 Å². The van der Waals surface area contributed by atoms with Crippen molar-refractivity contribution in [3.05, 3.63) is 42.2 Å². The Morgan fingerprint density at radius 1 is 1.33 bits per heavy atom. The lowest BCUT2D eigenvalue weighted by Gasteiger charge is -2.14. The summed E-state index contributed by atoms with van der Waals surface area (Å²) in [6, 6.07) is 8.42. The molecule has 1 aromatic heterocycles. The summed E-state index contributed by atoms with van der Waals surface area (Å²) in [5.41, 5.74) is 3.63. The summed E-state index contributed by atoms with van der Waals surface area (Å²) in [5, 5.41) is 7.60. The lowest BCUT2D eigenvalue weighted by atomic mass is 10.2. The second-order valence-corrected chi connectivity index (χ2v) is 4.64. The fourth-order valence-corrected chi connectivity index (χ4v) is 1.85. The zero-order valence-corrected chi connectivity index (χ0v) is 11.2. The second kappa shape index (κ2) is 5.58. The first-order valence-corrected chi connectivity index (χ1v) is 6.14. The van der Waals surface area contributed by atoms with Gasteiger partial charge in [0.05, 0.1) is 6.20 Å². The highest BCUT2D eigenvalue weighted by molar-refractivity contribution is 5.57. The first-order valence-electron chi connectivity index (χ1n) is 6.14. The minimum absolute atomic E-state index is 0.919. The quantitative estimate of drug-likeness (QED) is 0.874. The van der Waals surface area contributed by atoms with Gasteiger partial charge in [-0.05, 0) is 30.2 Å². The molecule has 0 unspecified atom stereocenters. The number of nitrogens with one attached hydrogen (secondary N) is 1. The van der Waals surface area contributed by atoms with Crippen LogP contribution in [0.1, 0.15) is 5.56 Å². The van der Waals surface area contributed by atoms with Crippen LogP contribution in [0.25, 0.3) is 0 Å². The Morgan fingerprint density at radius 2 is 2.17 bits per heavy atom. The topological polar surface area (TPSA) is 33.1 Å². The summed E-state index contributed by atoms with van der Waals surface area (Å²) in [5.74, 6) is 0. The largest absolute Gasteiger partial charge is 0.385 e. The van der Waals surface area contributed by atoms with Crippen LogP contribution in [0.5, 0.6) is 0 Å². The summed E-state index contributed by atoms with van der Waals surface area (Å²) in [4.78, 5) is 2.10. The molecule has 2 aromatic rings. The van der Waals surface area contributed by atoms with Gasteiger partial charge in [-0.2, -0.15) is 5.10 Å². The van der Waals surface area contributed by atoms with Gasteiger partial charge in [0.25, 0.3) is 0 Å². The van der Waals surface area contributed by atoms with Crippen molar-refractivity contribution in [3.63, 3.8) is 0 Å². The molecule has 4 nitrogen and oxygen atoms in total. The molecular formula is C14H20N4. The summed E-state index contributed by atoms with van der Waals surface area (Å²) in [7, 11) is 6.04. The van der Waals surface area contributed by atoms with Gasteiger partial charge in [-0.15, -0.1) is 0 Å². The van der Waals surface area contributed by atoms with E-state index in [9.17, 15) is 0 Å². The molecule has 0 fully saturated rings. The first-order chi connectivity index (χ1) is 8.65. The molecular weight excluding hydrogens is 224 g/mol. The molecule has 0 amide bonds. The maximum atomic E-state index is 4.16. The fourth-order valence-electron chi connectivity index (χ4n) is 1.85. The van der Waals surface area contributed by atoms with Gasteiger partial charge in [-0.3, -0.25) is 4.68 Å². The molecule has 0 aliphatic carbocycles. The molecule has 0 saturated carbocycles. The molecule has 0 aliphatic rings. The Bertz CT molecular complexity index is 502. The molecule has 0 bridgehead atoms. The number of hydrogen-bond acceptors (Lipinski definition) is 3. The molecule has 4 heteroatoms. The van der Waals surface area contributed by atoms with Crippen LogP contribution in [0.4, 0.5) is 11.4 Å². The van der Waals surface area contributed by atoms with Gasteiger partial charge in [0.1, 0.15) is 0 Å². The number of anilines is 2. The van der Waals surface area contributed by atoms with Crippen LogP contribution < -0.4 is 10.2 Å². The number of nitrogens with zero attached hydrogens (tertiary/aromatic N) is 3. The molecule has 2 rings (SSSR count). The van der Waals surface area contributed by atoms with E-state index in [2.05, 4.69) is 59.9 Å². The monoisotopic (exact) mass is 244 g/mol. The molecule has 1 N–H and O–H groups in total. The number of benzene rings is 1. The average molecular weight is 244 g/mol. The van der Waals surface area contributed by atoms with Crippen molar-refractivity contribution < 1.29 is 0 Å². The highest BCUT2D eigenvalue weighted by atomic mass is 15.2. The van der Waals surface area contributed by atoms with E-state index in [1.807, 2.05) is 17.9 Å². The van der Waals surface area contributed by atoms with Crippen LogP contribution in [-0.2, 0) is 13.5 Å². The van der Waals surface area contributed by atoms with Crippen LogP contribution >= 0.6 is 0 Å². The lowest BCUT2D eigenvalue weighted by Crippen LogP contribution is -2.09. The Kier molecular flexibility index (Phi) is 3.87. The van der Waals surface area contributed by atoms with Crippen LogP contribution in [0.15, 0.2) is 36.7 Å². The third-order valence-corrected chi connectivity index (χ3v) is 2.86. The van der Waals surface area contributed by atoms with Gasteiger partial charge < -0.3 is 10.2 Å². The molecule has 0 aliphatic heterocycles. The van der Waals surface area contributed by atoms with E-state index in [0.717, 1.165) is 18.7 Å². The van der Waals surface area contributed by atoms with Crippen molar-refractivity contribution in [2.75, 3.05) is 30.9 Å². The van der Waals surface area contributed by atoms with Crippen molar-refractivity contribution in [1.29, 1.82) is 0 Å². The van der Waals surface area contributed by atoms with Gasteiger partial charge in [0, 0.05) is 45.3 Å². The number of aromatic nitrogens is 2. The van der Waals surface area contributed by atoms with E-state index in [4.69, 9.17) is 0 Å². The van der Waals surface area contributed by atoms with Gasteiger partial charge in [0.15, 0.2) is 0 Å². The standard InChI is InChI=1S/C14H20N4/c1-17(2)14-6-4-5-13(9-14)15-8-7-12-10-16-18(3)11-12/h4-6,9-11,15H,7-8H2,1-3H3. The molecule has 1 heterocycles. The predicted molar refractivity (Wildman–Crippen MR) is 76.2 cm³/mol. The van der Waals surface area contributed by atoms with Crippen molar-refractivity contribution in [1.82, 2.24) is 9.78 Å². The zero-order valence-electron chi connectivity index (χ0n) is 11.2. The van der Waals surface area contributed by atoms with E-state index < -0.39 is 0 Å². The zero-order chi connectivity index (χ0) is 13.0. The van der Waals surface area contributed by atoms with Crippen LogP contribution in [-0.4, -0.2) is 30.4 Å². The van der Waals surface area contributed by atoms with Crippen molar-refractivity contribution in [2.45, 2.75) is 6.42 Å². The summed E-state index contributed by atoms with van der Waals surface area (Å²) in [6.45, 7) is 0.919. The number of hydrogen-bond donors (Lipinski definition) is 1. The molecule has 96 valence electrons. The minimum atomic E-state index is 0.919. The molecule has 0 atom stereocenters. The molecule has 18 heavy (non-hydrogen) atoms. The van der Waals surface area contributed by atoms with Crippen LogP contribution in [0.3, 0.4) is 0 Å². The van der Waals surface area contributed by atoms with Crippen molar-refractivity contribution >= 4 is 11.4 Å². The molecule has 0 spiro atoms. The third-order valence-electron chi connectivity index (χ3n) is 2.86. The normalized spacial score (nSPS) is 10.4. The number of aryl methyl sites for hydroxylation is 1. The van der Waals surface area contributed by atoms with E-state index >= 15 is 0 Å². The SMILES string of the molecule is CN(C)c1cccc(NCCc2cnn(C)c2)c1. The summed E-state index contributed by atoms with van der Waals surface area (Å²) >= 11 is 0. The smallest absolute Gasteiger partial charge is 0.0522 e. The van der Waals surface area contributed by atoms with E-state index in [1.165, 1.54) is 11.3 Å². The first kappa shape index (κ1) is 12.5. The van der Waals surface area contributed by atoms with E-state index in [-0.39, 0.29) is 0 Å². The summed E-state index contributed by atoms with van der Waals surface area (Å²) < 4.78 is 1.84. The highest BCUT2D eigenvalue weighted by Crippen LogP contribution is 2.17. The van der Waals surface area contributed by atoms with Crippen LogP contribution in [0, 0.1) is 0 Å². The van der Waals surface area contributed by atoms with E-state index in [0.29, 0.717) is 0 Å². The lowest BCUT2D eigenvalue weighted by molar-refractivity contribution is 0.767. The Labute approximate surface area is 108 Å². The van der Waals surface area contributed by atoms with Gasteiger partial charge in [0.2, 0.25) is 0 Å². The van der Waals surface area contributed by atoms with Gasteiger partial charge >= 0.3 is 0 Å². The van der Waals surface area contributed by atoms with Gasteiger partial charge in [-0.1, -0.05) is 6.07 Å². The Hall–Kier alpha value is -1.97. The van der Waals surface area contributed by atoms with Crippen molar-refractivity contribution in [2.24, 2.45) is 7.05 Å². The van der Waals surface area contributed by atoms with Crippen LogP contribution in [0.2, 0.25) is 0 Å². The molecule has 1 aromatic carbocycles. The highest BCUT2D eigenvalue weighted by Gasteiger charge is 1.99. The molecule has 0 saturated heterocycles. The third kappa shape index (κ3) is 3.26.